The van der Waals surface area contributed by atoms with Gasteiger partial charge in [-0.15, -0.1) is 0 Å². The van der Waals surface area contributed by atoms with Gasteiger partial charge in [-0.1, -0.05) is 20.3 Å². The number of rotatable bonds is 6. The highest BCUT2D eigenvalue weighted by molar-refractivity contribution is 5.69. The van der Waals surface area contributed by atoms with Crippen LogP contribution in [-0.2, 0) is 4.74 Å². The largest absolute Gasteiger partial charge is 0.444 e. The third-order valence-electron chi connectivity index (χ3n) is 3.78. The van der Waals surface area contributed by atoms with Crippen molar-refractivity contribution in [3.05, 3.63) is 0 Å². The minimum absolute atomic E-state index is 0.162. The molecule has 0 saturated carbocycles. The van der Waals surface area contributed by atoms with Gasteiger partial charge in [0.25, 0.3) is 0 Å². The minimum Gasteiger partial charge on any atom is -0.444 e. The molecule has 0 radical (unpaired) electrons. The van der Waals surface area contributed by atoms with Crippen molar-refractivity contribution < 1.29 is 9.53 Å². The summed E-state index contributed by atoms with van der Waals surface area (Å²) in [5, 5.41) is 3.61. The van der Waals surface area contributed by atoms with Crippen molar-refractivity contribution in [3.63, 3.8) is 0 Å². The summed E-state index contributed by atoms with van der Waals surface area (Å²) in [5.74, 6) is 0. The van der Waals surface area contributed by atoms with Crippen molar-refractivity contribution in [1.82, 2.24) is 10.2 Å². The summed E-state index contributed by atoms with van der Waals surface area (Å²) in [6, 6.07) is 0.858. The third kappa shape index (κ3) is 5.70. The maximum atomic E-state index is 12.2. The van der Waals surface area contributed by atoms with Crippen molar-refractivity contribution in [3.8, 4) is 0 Å². The number of carbonyl (C=O) groups excluding carboxylic acids is 1. The molecular weight excluding hydrogens is 252 g/mol. The number of ether oxygens (including phenoxy) is 1. The second kappa shape index (κ2) is 7.87. The topological polar surface area (TPSA) is 41.6 Å². The number of hydrogen-bond acceptors (Lipinski definition) is 3. The molecule has 118 valence electrons. The molecule has 1 amide bonds. The lowest BCUT2D eigenvalue weighted by Gasteiger charge is -2.29. The molecule has 1 heterocycles. The molecule has 0 aromatic heterocycles. The predicted octanol–water partition coefficient (Wildman–Crippen LogP) is 3.55. The molecular formula is C16H32N2O2. The van der Waals surface area contributed by atoms with Crippen LogP contribution in [0.3, 0.4) is 0 Å². The Balaban J connectivity index is 2.46. The Bertz CT molecular complexity index is 299. The average molecular weight is 284 g/mol. The quantitative estimate of drug-likeness (QED) is 0.811. The summed E-state index contributed by atoms with van der Waals surface area (Å²) in [6.45, 7) is 11.9. The van der Waals surface area contributed by atoms with Crippen LogP contribution in [0.2, 0.25) is 0 Å². The van der Waals surface area contributed by atoms with Gasteiger partial charge in [0.1, 0.15) is 5.60 Å². The Labute approximate surface area is 124 Å². The van der Waals surface area contributed by atoms with E-state index in [9.17, 15) is 4.79 Å². The molecule has 1 N–H and O–H groups in total. The lowest BCUT2D eigenvalue weighted by Crippen LogP contribution is -2.45. The van der Waals surface area contributed by atoms with Gasteiger partial charge in [0.05, 0.1) is 0 Å². The summed E-state index contributed by atoms with van der Waals surface area (Å²) in [6.07, 6.45) is 5.55. The Morgan fingerprint density at radius 1 is 1.40 bits per heavy atom. The van der Waals surface area contributed by atoms with E-state index in [4.69, 9.17) is 4.74 Å². The molecule has 0 bridgehead atoms. The molecule has 1 fully saturated rings. The lowest BCUT2D eigenvalue weighted by atomic mass is 10.1. The number of nitrogens with one attached hydrogen (secondary N) is 1. The van der Waals surface area contributed by atoms with E-state index >= 15 is 0 Å². The second-order valence-corrected chi connectivity index (χ2v) is 6.77. The van der Waals surface area contributed by atoms with Crippen LogP contribution in [0.4, 0.5) is 4.79 Å². The van der Waals surface area contributed by atoms with E-state index in [2.05, 4.69) is 19.2 Å². The predicted molar refractivity (Wildman–Crippen MR) is 83.0 cm³/mol. The van der Waals surface area contributed by atoms with Gasteiger partial charge in [0, 0.05) is 25.2 Å². The normalized spacial score (nSPS) is 21.1. The van der Waals surface area contributed by atoms with Gasteiger partial charge in [-0.05, 0) is 46.5 Å². The fraction of sp³-hybridized carbons (Fsp3) is 0.938. The van der Waals surface area contributed by atoms with E-state index in [1.165, 1.54) is 12.8 Å². The van der Waals surface area contributed by atoms with E-state index in [0.29, 0.717) is 6.04 Å². The van der Waals surface area contributed by atoms with E-state index in [0.717, 1.165) is 32.4 Å². The molecule has 1 saturated heterocycles. The maximum Gasteiger partial charge on any atom is 0.410 e. The molecule has 0 aliphatic carbocycles. The van der Waals surface area contributed by atoms with Crippen LogP contribution in [0, 0.1) is 0 Å². The van der Waals surface area contributed by atoms with Gasteiger partial charge in [0.15, 0.2) is 0 Å². The van der Waals surface area contributed by atoms with Crippen LogP contribution in [0.1, 0.15) is 66.7 Å². The van der Waals surface area contributed by atoms with Crippen LogP contribution in [-0.4, -0.2) is 41.8 Å². The first-order valence-electron chi connectivity index (χ1n) is 8.10. The first-order valence-corrected chi connectivity index (χ1v) is 8.10. The Kier molecular flexibility index (Phi) is 6.80. The van der Waals surface area contributed by atoms with E-state index in [1.54, 1.807) is 0 Å². The van der Waals surface area contributed by atoms with Crippen molar-refractivity contribution in [2.75, 3.05) is 13.1 Å². The summed E-state index contributed by atoms with van der Waals surface area (Å²) in [5.41, 5.74) is -0.411. The van der Waals surface area contributed by atoms with Gasteiger partial charge < -0.3 is 15.0 Å². The highest BCUT2D eigenvalue weighted by atomic mass is 16.6. The highest BCUT2D eigenvalue weighted by Crippen LogP contribution is 2.20. The SMILES string of the molecule is CCCC(CC)NCC1CCCN1C(=O)OC(C)(C)C. The molecule has 1 aliphatic heterocycles. The molecule has 0 spiro atoms. The molecule has 1 rings (SSSR count). The van der Waals surface area contributed by atoms with E-state index < -0.39 is 5.60 Å². The van der Waals surface area contributed by atoms with Crippen LogP contribution in [0.25, 0.3) is 0 Å². The summed E-state index contributed by atoms with van der Waals surface area (Å²) in [7, 11) is 0. The van der Waals surface area contributed by atoms with Crippen molar-refractivity contribution in [1.29, 1.82) is 0 Å². The molecule has 2 unspecified atom stereocenters. The van der Waals surface area contributed by atoms with Gasteiger partial charge in [-0.3, -0.25) is 0 Å². The molecule has 2 atom stereocenters. The van der Waals surface area contributed by atoms with E-state index in [-0.39, 0.29) is 12.1 Å². The minimum atomic E-state index is -0.411. The monoisotopic (exact) mass is 284 g/mol. The summed E-state index contributed by atoms with van der Waals surface area (Å²) < 4.78 is 5.49. The zero-order valence-corrected chi connectivity index (χ0v) is 13.9. The summed E-state index contributed by atoms with van der Waals surface area (Å²) in [4.78, 5) is 14.1. The highest BCUT2D eigenvalue weighted by Gasteiger charge is 2.32. The van der Waals surface area contributed by atoms with E-state index in [1.807, 2.05) is 25.7 Å². The number of amides is 1. The maximum absolute atomic E-state index is 12.2. The van der Waals surface area contributed by atoms with Crippen LogP contribution < -0.4 is 5.32 Å². The molecule has 20 heavy (non-hydrogen) atoms. The Morgan fingerprint density at radius 3 is 2.65 bits per heavy atom. The van der Waals surface area contributed by atoms with Crippen LogP contribution >= 0.6 is 0 Å². The Hall–Kier alpha value is -0.770. The first-order chi connectivity index (χ1) is 9.37. The number of nitrogens with zero attached hydrogens (tertiary/aromatic N) is 1. The van der Waals surface area contributed by atoms with Crippen molar-refractivity contribution in [2.45, 2.75) is 84.4 Å². The van der Waals surface area contributed by atoms with Crippen LogP contribution in [0.5, 0.6) is 0 Å². The fourth-order valence-corrected chi connectivity index (χ4v) is 2.71. The zero-order valence-electron chi connectivity index (χ0n) is 13.9. The van der Waals surface area contributed by atoms with Gasteiger partial charge in [-0.2, -0.15) is 0 Å². The molecule has 1 aliphatic rings. The second-order valence-electron chi connectivity index (χ2n) is 6.77. The standard InChI is InChI=1S/C16H32N2O2/c1-6-9-13(7-2)17-12-14-10-8-11-18(14)15(19)20-16(3,4)5/h13-14,17H,6-12H2,1-5H3. The fourth-order valence-electron chi connectivity index (χ4n) is 2.71. The molecule has 4 heteroatoms. The van der Waals surface area contributed by atoms with Crippen molar-refractivity contribution in [2.24, 2.45) is 0 Å². The number of likely N-dealkylation sites (tertiary alicyclic amines) is 1. The number of carbonyl (C=O) groups is 1. The molecule has 0 aromatic rings. The van der Waals surface area contributed by atoms with Crippen molar-refractivity contribution >= 4 is 6.09 Å². The molecule has 0 aromatic carbocycles. The smallest absolute Gasteiger partial charge is 0.410 e. The number of hydrogen-bond donors (Lipinski definition) is 1. The average Bonchev–Trinajstić information content (AvgIpc) is 2.80. The zero-order chi connectivity index (χ0) is 15.2. The van der Waals surface area contributed by atoms with Gasteiger partial charge in [0.2, 0.25) is 0 Å². The summed E-state index contributed by atoms with van der Waals surface area (Å²) >= 11 is 0. The lowest BCUT2D eigenvalue weighted by molar-refractivity contribution is 0.0224. The first kappa shape index (κ1) is 17.3. The van der Waals surface area contributed by atoms with Gasteiger partial charge >= 0.3 is 6.09 Å². The third-order valence-corrected chi connectivity index (χ3v) is 3.78. The van der Waals surface area contributed by atoms with Gasteiger partial charge in [-0.25, -0.2) is 4.79 Å². The van der Waals surface area contributed by atoms with Crippen LogP contribution in [0.15, 0.2) is 0 Å². The Morgan fingerprint density at radius 2 is 2.10 bits per heavy atom. The molecule has 4 nitrogen and oxygen atoms in total.